The first kappa shape index (κ1) is 44.3. The summed E-state index contributed by atoms with van der Waals surface area (Å²) in [6.45, 7) is 15.1. The number of fused-ring (bicyclic) bond motifs is 7. The highest BCUT2D eigenvalue weighted by molar-refractivity contribution is 5.76. The van der Waals surface area contributed by atoms with Crippen LogP contribution in [0.5, 0.6) is 0 Å². The second-order valence-corrected chi connectivity index (χ2v) is 20.7. The molecule has 18 atom stereocenters. The molecule has 14 nitrogen and oxygen atoms in total. The van der Waals surface area contributed by atoms with Gasteiger partial charge >= 0.3 is 5.97 Å². The molecule has 7 rings (SSSR count). The van der Waals surface area contributed by atoms with Crippen molar-refractivity contribution < 1.29 is 70.1 Å². The van der Waals surface area contributed by atoms with Crippen LogP contribution >= 0.6 is 0 Å². The van der Waals surface area contributed by atoms with Gasteiger partial charge in [0.25, 0.3) is 0 Å². The lowest BCUT2D eigenvalue weighted by molar-refractivity contribution is -0.368. The average Bonchev–Trinajstić information content (AvgIpc) is 3.12. The van der Waals surface area contributed by atoms with Gasteiger partial charge in [0.1, 0.15) is 48.8 Å². The molecular weight excluding hydrogens is 728 g/mol. The van der Waals surface area contributed by atoms with Crippen LogP contribution in [0.25, 0.3) is 0 Å². The zero-order valence-electron chi connectivity index (χ0n) is 34.3. The van der Waals surface area contributed by atoms with Crippen molar-refractivity contribution in [1.29, 1.82) is 0 Å². The number of hydrogen-bond acceptors (Lipinski definition) is 12. The fourth-order valence-electron chi connectivity index (χ4n) is 13.7. The summed E-state index contributed by atoms with van der Waals surface area (Å²) in [5.74, 6) is 0.0886. The molecule has 5 aliphatic carbocycles. The molecule has 2 heterocycles. The Morgan fingerprint density at radius 1 is 0.732 bits per heavy atom. The number of hydrogen-bond donors (Lipinski definition) is 8. The molecule has 0 radical (unpaired) electrons. The highest BCUT2D eigenvalue weighted by Crippen LogP contribution is 2.76. The first-order chi connectivity index (χ1) is 25.6. The number of allylic oxidation sites excluding steroid dienone is 2. The molecule has 2 saturated heterocycles. The lowest BCUT2D eigenvalue weighted by atomic mass is 9.33. The van der Waals surface area contributed by atoms with Crippen LogP contribution in [-0.2, 0) is 23.7 Å². The zero-order valence-corrected chi connectivity index (χ0v) is 34.3. The fraction of sp³-hybridized carbons (Fsp3) is 0.929. The van der Waals surface area contributed by atoms with Crippen molar-refractivity contribution in [2.75, 3.05) is 13.2 Å². The number of ether oxygens (including phenoxy) is 4. The molecular formula is C42H70O14. The van der Waals surface area contributed by atoms with E-state index in [1.807, 2.05) is 0 Å². The van der Waals surface area contributed by atoms with E-state index in [9.17, 15) is 45.6 Å². The van der Waals surface area contributed by atoms with Crippen molar-refractivity contribution in [1.82, 2.24) is 0 Å². The van der Waals surface area contributed by atoms with Gasteiger partial charge in [0.05, 0.1) is 24.7 Å². The molecule has 4 saturated carbocycles. The minimum atomic E-state index is -1.74. The molecule has 10 N–H and O–H groups in total. The van der Waals surface area contributed by atoms with Gasteiger partial charge < -0.3 is 65.3 Å². The van der Waals surface area contributed by atoms with Crippen molar-refractivity contribution in [3.63, 3.8) is 0 Å². The second kappa shape index (κ2) is 15.0. The van der Waals surface area contributed by atoms with Crippen LogP contribution in [0.15, 0.2) is 11.6 Å². The fourth-order valence-corrected chi connectivity index (χ4v) is 13.7. The van der Waals surface area contributed by atoms with Gasteiger partial charge in [0, 0.05) is 0 Å². The molecule has 7 aliphatic rings. The van der Waals surface area contributed by atoms with Crippen LogP contribution in [0.1, 0.15) is 113 Å². The Morgan fingerprint density at radius 2 is 1.34 bits per heavy atom. The minimum absolute atomic E-state index is 0. The highest BCUT2D eigenvalue weighted by Gasteiger charge is 2.69. The zero-order chi connectivity index (χ0) is 40.3. The van der Waals surface area contributed by atoms with E-state index in [1.54, 1.807) is 0 Å². The lowest BCUT2D eigenvalue weighted by Crippen LogP contribution is -2.66. The van der Waals surface area contributed by atoms with Crippen molar-refractivity contribution in [3.05, 3.63) is 11.6 Å². The van der Waals surface area contributed by atoms with Crippen LogP contribution in [-0.4, -0.2) is 133 Å². The predicted molar refractivity (Wildman–Crippen MR) is 202 cm³/mol. The van der Waals surface area contributed by atoms with Crippen LogP contribution in [0, 0.1) is 50.2 Å². The Balaban J connectivity index is 0.00000532. The highest BCUT2D eigenvalue weighted by atomic mass is 16.7. The standard InChI is InChI=1S/C42H68O13.H2O/c1-37(2)14-16-42(36(50)51)17-15-40(6)21(22(42)18-37)8-9-26-39(5)12-11-27(38(3,4)25(39)10-13-41(26,40)7)54-34-32(49)30(47)33(24(20-44)53-34)55-35-31(48)29(46)28(45)23(19-43)52-35;/h8,22-35,43-49H,9-20H2,1-7H3,(H,50,51);1H2/t22-,23+,24+,25?,26?,27+,28-,29-,30+,31+,32+,33+,34-,35-,39-,40+,41+,42-;/m0./s1. The Hall–Kier alpha value is -1.27. The van der Waals surface area contributed by atoms with Gasteiger partial charge in [0.15, 0.2) is 12.6 Å². The van der Waals surface area contributed by atoms with E-state index in [1.165, 1.54) is 5.57 Å². The number of carbonyl (C=O) groups is 1. The van der Waals surface area contributed by atoms with Crippen LogP contribution in [0.3, 0.4) is 0 Å². The first-order valence-corrected chi connectivity index (χ1v) is 20.8. The topological polar surface area (TPSA) is 247 Å². The van der Waals surface area contributed by atoms with Crippen molar-refractivity contribution in [3.8, 4) is 0 Å². The van der Waals surface area contributed by atoms with E-state index in [2.05, 4.69) is 54.5 Å². The van der Waals surface area contributed by atoms with E-state index in [0.717, 1.165) is 57.8 Å². The summed E-state index contributed by atoms with van der Waals surface area (Å²) in [7, 11) is 0. The van der Waals surface area contributed by atoms with Crippen LogP contribution in [0.2, 0.25) is 0 Å². The Bertz CT molecular complexity index is 1480. The lowest BCUT2D eigenvalue weighted by Gasteiger charge is -2.71. The molecule has 14 heteroatoms. The second-order valence-electron chi connectivity index (χ2n) is 20.7. The van der Waals surface area contributed by atoms with E-state index in [4.69, 9.17) is 18.9 Å². The number of aliphatic hydroxyl groups excluding tert-OH is 7. The van der Waals surface area contributed by atoms with Gasteiger partial charge in [-0.25, -0.2) is 0 Å². The summed E-state index contributed by atoms with van der Waals surface area (Å²) >= 11 is 0. The molecule has 56 heavy (non-hydrogen) atoms. The number of carboxylic acid groups (broad SMARTS) is 1. The maximum absolute atomic E-state index is 13.0. The molecule has 2 aliphatic heterocycles. The quantitative estimate of drug-likeness (QED) is 0.136. The van der Waals surface area contributed by atoms with Gasteiger partial charge in [-0.2, -0.15) is 0 Å². The van der Waals surface area contributed by atoms with Gasteiger partial charge in [-0.05, 0) is 109 Å². The van der Waals surface area contributed by atoms with E-state index < -0.39 is 86.0 Å². The SMILES string of the molecule is CC1(C)CC[C@]2(C(=O)O)CC[C@]3(C)C(=CCC4[C@@]5(C)CC[C@@H](O[C@@H]6O[C@H](CO)[C@@H](O[C@@H]7O[C@H](CO)[C@H](O)[C@H](O)[C@H]7O)[C@H](O)[C@H]6O)C(C)(C)C5CC[C@]43C)[C@@H]2C1.O. The maximum atomic E-state index is 13.0. The van der Waals surface area contributed by atoms with Gasteiger partial charge in [0.2, 0.25) is 0 Å². The molecule has 0 aromatic heterocycles. The summed E-state index contributed by atoms with van der Waals surface area (Å²) in [6.07, 6.45) is -4.17. The predicted octanol–water partition coefficient (Wildman–Crippen LogP) is 2.06. The molecule has 2 unspecified atom stereocenters. The van der Waals surface area contributed by atoms with E-state index in [-0.39, 0.29) is 50.5 Å². The maximum Gasteiger partial charge on any atom is 0.310 e. The van der Waals surface area contributed by atoms with Gasteiger partial charge in [-0.15, -0.1) is 0 Å². The number of rotatable bonds is 7. The smallest absolute Gasteiger partial charge is 0.310 e. The van der Waals surface area contributed by atoms with Gasteiger partial charge in [-0.3, -0.25) is 4.79 Å². The molecule has 0 aromatic carbocycles. The molecule has 0 amide bonds. The van der Waals surface area contributed by atoms with Crippen LogP contribution < -0.4 is 0 Å². The Kier molecular flexibility index (Phi) is 11.9. The summed E-state index contributed by atoms with van der Waals surface area (Å²) < 4.78 is 23.9. The first-order valence-electron chi connectivity index (χ1n) is 20.8. The summed E-state index contributed by atoms with van der Waals surface area (Å²) in [5, 5.41) is 84.2. The minimum Gasteiger partial charge on any atom is -0.481 e. The largest absolute Gasteiger partial charge is 0.481 e. The number of aliphatic carboxylic acids is 1. The monoisotopic (exact) mass is 798 g/mol. The summed E-state index contributed by atoms with van der Waals surface area (Å²) in [4.78, 5) is 13.0. The van der Waals surface area contributed by atoms with E-state index >= 15 is 0 Å². The molecule has 0 spiro atoms. The third-order valence-electron chi connectivity index (χ3n) is 17.3. The normalized spacial score (nSPS) is 52.2. The number of aliphatic hydroxyl groups is 7. The molecule has 6 fully saturated rings. The molecule has 322 valence electrons. The van der Waals surface area contributed by atoms with Crippen molar-refractivity contribution >= 4 is 5.97 Å². The average molecular weight is 799 g/mol. The van der Waals surface area contributed by atoms with E-state index in [0.29, 0.717) is 12.3 Å². The summed E-state index contributed by atoms with van der Waals surface area (Å²) in [6, 6.07) is 0. The summed E-state index contributed by atoms with van der Waals surface area (Å²) in [5.41, 5.74) is 0.344. The molecule has 0 bridgehead atoms. The Morgan fingerprint density at radius 3 is 1.98 bits per heavy atom. The van der Waals surface area contributed by atoms with Gasteiger partial charge in [-0.1, -0.05) is 60.1 Å². The molecule has 0 aromatic rings. The third kappa shape index (κ3) is 6.47. The third-order valence-corrected chi connectivity index (χ3v) is 17.3. The van der Waals surface area contributed by atoms with Crippen LogP contribution in [0.4, 0.5) is 0 Å². The Labute approximate surface area is 330 Å². The van der Waals surface area contributed by atoms with Crippen molar-refractivity contribution in [2.24, 2.45) is 50.2 Å². The number of carboxylic acids is 1. The van der Waals surface area contributed by atoms with Crippen molar-refractivity contribution in [2.45, 2.75) is 180 Å².